The van der Waals surface area contributed by atoms with E-state index in [1.54, 1.807) is 0 Å². The Kier molecular flexibility index (Phi) is 7.52. The predicted octanol–water partition coefficient (Wildman–Crippen LogP) is 14.0. The Balaban J connectivity index is 1.09. The van der Waals surface area contributed by atoms with E-state index in [9.17, 15) is 0 Å². The van der Waals surface area contributed by atoms with Crippen molar-refractivity contribution >= 4 is 32.3 Å². The van der Waals surface area contributed by atoms with Crippen LogP contribution < -0.4 is 0 Å². The highest BCUT2D eigenvalue weighted by molar-refractivity contribution is 6.26. The number of rotatable bonds is 5. The molecule has 0 aliphatic heterocycles. The molecule has 0 radical (unpaired) electrons. The third-order valence-electron chi connectivity index (χ3n) is 11.9. The van der Waals surface area contributed by atoms with Crippen molar-refractivity contribution in [3.8, 4) is 67.5 Å². The maximum Gasteiger partial charge on any atom is 0.164 e. The van der Waals surface area contributed by atoms with E-state index in [2.05, 4.69) is 166 Å². The minimum Gasteiger partial charge on any atom is -0.208 e. The van der Waals surface area contributed by atoms with E-state index in [0.717, 1.165) is 33.4 Å². The van der Waals surface area contributed by atoms with E-state index in [0.29, 0.717) is 17.5 Å². The third kappa shape index (κ3) is 5.31. The highest BCUT2D eigenvalue weighted by Crippen LogP contribution is 2.52. The smallest absolute Gasteiger partial charge is 0.164 e. The molecule has 10 aromatic rings. The molecule has 1 aromatic heterocycles. The van der Waals surface area contributed by atoms with E-state index < -0.39 is 0 Å². The number of hydrogen-bond acceptors (Lipinski definition) is 3. The summed E-state index contributed by atoms with van der Waals surface area (Å²) in [5, 5.41) is 7.81. The molecule has 268 valence electrons. The van der Waals surface area contributed by atoms with Gasteiger partial charge in [0, 0.05) is 22.1 Å². The van der Waals surface area contributed by atoms with Crippen molar-refractivity contribution in [2.24, 2.45) is 0 Å². The maximum absolute atomic E-state index is 5.12. The van der Waals surface area contributed by atoms with Gasteiger partial charge in [-0.1, -0.05) is 184 Å². The zero-order valence-corrected chi connectivity index (χ0v) is 31.7. The summed E-state index contributed by atoms with van der Waals surface area (Å²) < 4.78 is 0. The molecule has 11 rings (SSSR count). The van der Waals surface area contributed by atoms with Crippen LogP contribution in [-0.2, 0) is 5.41 Å². The van der Waals surface area contributed by atoms with Crippen LogP contribution in [0.2, 0.25) is 0 Å². The lowest BCUT2D eigenvalue weighted by molar-refractivity contribution is 0.661. The summed E-state index contributed by atoms with van der Waals surface area (Å²) >= 11 is 0. The number of hydrogen-bond donors (Lipinski definition) is 0. The van der Waals surface area contributed by atoms with Gasteiger partial charge in [0.2, 0.25) is 0 Å². The number of benzene rings is 9. The van der Waals surface area contributed by atoms with Crippen molar-refractivity contribution in [3.05, 3.63) is 199 Å². The molecule has 1 aliphatic rings. The Morgan fingerprint density at radius 3 is 1.28 bits per heavy atom. The SMILES string of the molecule is CC1(C)c2ccc(-c3ccccc3-c3ccccc3-c3nc(-c4ccccc4)nc(-c4ccccc4)n3)cc2-c2cc3c4ccccc4c4ccccc4c3cc21. The lowest BCUT2D eigenvalue weighted by Gasteiger charge is -2.22. The molecule has 0 unspecified atom stereocenters. The van der Waals surface area contributed by atoms with Gasteiger partial charge in [-0.2, -0.15) is 0 Å². The Labute approximate surface area is 332 Å². The zero-order chi connectivity index (χ0) is 38.1. The van der Waals surface area contributed by atoms with Crippen LogP contribution in [0, 0.1) is 0 Å². The number of aromatic nitrogens is 3. The molecule has 0 saturated heterocycles. The molecular weight excluding hydrogens is 691 g/mol. The molecule has 0 saturated carbocycles. The summed E-state index contributed by atoms with van der Waals surface area (Å²) in [7, 11) is 0. The van der Waals surface area contributed by atoms with Crippen LogP contribution in [0.25, 0.3) is 99.9 Å². The molecule has 3 nitrogen and oxygen atoms in total. The molecule has 0 fully saturated rings. The van der Waals surface area contributed by atoms with Gasteiger partial charge >= 0.3 is 0 Å². The van der Waals surface area contributed by atoms with E-state index in [-0.39, 0.29) is 5.41 Å². The molecule has 0 spiro atoms. The largest absolute Gasteiger partial charge is 0.208 e. The Morgan fingerprint density at radius 1 is 0.281 bits per heavy atom. The summed E-state index contributed by atoms with van der Waals surface area (Å²) in [6.07, 6.45) is 0. The first kappa shape index (κ1) is 33.1. The second-order valence-corrected chi connectivity index (χ2v) is 15.5. The van der Waals surface area contributed by atoms with Gasteiger partial charge in [0.15, 0.2) is 17.5 Å². The van der Waals surface area contributed by atoms with Gasteiger partial charge < -0.3 is 0 Å². The van der Waals surface area contributed by atoms with Crippen LogP contribution >= 0.6 is 0 Å². The average molecular weight is 728 g/mol. The van der Waals surface area contributed by atoms with E-state index in [1.807, 2.05) is 36.4 Å². The van der Waals surface area contributed by atoms with Gasteiger partial charge in [-0.25, -0.2) is 15.0 Å². The second kappa shape index (κ2) is 12.9. The van der Waals surface area contributed by atoms with Crippen LogP contribution in [0.5, 0.6) is 0 Å². The van der Waals surface area contributed by atoms with E-state index >= 15 is 0 Å². The first-order valence-electron chi connectivity index (χ1n) is 19.6. The standard InChI is InChI=1S/C54H37N3/c1-54(2)49-30-29-36(31-47(49)48-32-45-42-26-13-11-23-39(42)40-24-12-14-27-43(40)46(45)33-50(48)54)37-21-9-10-22-38(37)41-25-15-16-28-44(41)53-56-51(34-17-5-3-6-18-34)55-52(57-53)35-19-7-4-8-20-35/h3-33H,1-2H3. The van der Waals surface area contributed by atoms with Crippen LogP contribution in [0.3, 0.4) is 0 Å². The Bertz CT molecular complexity index is 3140. The van der Waals surface area contributed by atoms with Gasteiger partial charge in [-0.15, -0.1) is 0 Å². The van der Waals surface area contributed by atoms with Gasteiger partial charge in [-0.3, -0.25) is 0 Å². The van der Waals surface area contributed by atoms with Gasteiger partial charge in [0.05, 0.1) is 0 Å². The first-order chi connectivity index (χ1) is 28.0. The first-order valence-corrected chi connectivity index (χ1v) is 19.6. The third-order valence-corrected chi connectivity index (χ3v) is 11.9. The van der Waals surface area contributed by atoms with Crippen molar-refractivity contribution in [2.75, 3.05) is 0 Å². The monoisotopic (exact) mass is 727 g/mol. The lowest BCUT2D eigenvalue weighted by atomic mass is 9.81. The molecule has 9 aromatic carbocycles. The van der Waals surface area contributed by atoms with Crippen molar-refractivity contribution in [1.29, 1.82) is 0 Å². The minimum absolute atomic E-state index is 0.151. The molecule has 57 heavy (non-hydrogen) atoms. The highest BCUT2D eigenvalue weighted by Gasteiger charge is 2.36. The average Bonchev–Trinajstić information content (AvgIpc) is 3.50. The fourth-order valence-corrected chi connectivity index (χ4v) is 9.13. The summed E-state index contributed by atoms with van der Waals surface area (Å²) in [6.45, 7) is 4.75. The number of fused-ring (bicyclic) bond motifs is 9. The summed E-state index contributed by atoms with van der Waals surface area (Å²) in [5.74, 6) is 1.94. The molecule has 1 heterocycles. The molecule has 3 heteroatoms. The Morgan fingerprint density at radius 2 is 0.702 bits per heavy atom. The Hall–Kier alpha value is -7.23. The molecule has 0 atom stereocenters. The van der Waals surface area contributed by atoms with Crippen molar-refractivity contribution in [1.82, 2.24) is 15.0 Å². The molecule has 1 aliphatic carbocycles. The second-order valence-electron chi connectivity index (χ2n) is 15.5. The van der Waals surface area contributed by atoms with Crippen molar-refractivity contribution in [3.63, 3.8) is 0 Å². The zero-order valence-electron chi connectivity index (χ0n) is 31.7. The van der Waals surface area contributed by atoms with Crippen molar-refractivity contribution < 1.29 is 0 Å². The van der Waals surface area contributed by atoms with Crippen LogP contribution in [0.1, 0.15) is 25.0 Å². The van der Waals surface area contributed by atoms with Gasteiger partial charge in [0.1, 0.15) is 0 Å². The fourth-order valence-electron chi connectivity index (χ4n) is 9.13. The van der Waals surface area contributed by atoms with Crippen molar-refractivity contribution in [2.45, 2.75) is 19.3 Å². The molecular formula is C54H37N3. The minimum atomic E-state index is -0.151. The number of nitrogens with zero attached hydrogens (tertiary/aromatic N) is 3. The van der Waals surface area contributed by atoms with Crippen LogP contribution in [-0.4, -0.2) is 15.0 Å². The lowest BCUT2D eigenvalue weighted by Crippen LogP contribution is -2.14. The van der Waals surface area contributed by atoms with Gasteiger partial charge in [0.25, 0.3) is 0 Å². The van der Waals surface area contributed by atoms with E-state index in [4.69, 9.17) is 15.0 Å². The normalized spacial score (nSPS) is 12.9. The molecule has 0 bridgehead atoms. The highest BCUT2D eigenvalue weighted by atomic mass is 15.0. The van der Waals surface area contributed by atoms with Crippen LogP contribution in [0.15, 0.2) is 188 Å². The summed E-state index contributed by atoms with van der Waals surface area (Å²) in [6, 6.07) is 67.3. The summed E-state index contributed by atoms with van der Waals surface area (Å²) in [5.41, 5.74) is 12.6. The fraction of sp³-hybridized carbons (Fsp3) is 0.0556. The predicted molar refractivity (Wildman–Crippen MR) is 237 cm³/mol. The van der Waals surface area contributed by atoms with Crippen LogP contribution in [0.4, 0.5) is 0 Å². The maximum atomic E-state index is 5.12. The quantitative estimate of drug-likeness (QED) is 0.166. The molecule has 0 N–H and O–H groups in total. The topological polar surface area (TPSA) is 38.7 Å². The van der Waals surface area contributed by atoms with Gasteiger partial charge in [-0.05, 0) is 95.0 Å². The summed E-state index contributed by atoms with van der Waals surface area (Å²) in [4.78, 5) is 15.2. The molecule has 0 amide bonds. The van der Waals surface area contributed by atoms with E-state index in [1.165, 1.54) is 60.1 Å².